The molecule has 0 aliphatic rings. The van der Waals surface area contributed by atoms with Gasteiger partial charge in [0.25, 0.3) is 5.91 Å². The summed E-state index contributed by atoms with van der Waals surface area (Å²) in [5, 5.41) is 0.409. The van der Waals surface area contributed by atoms with Crippen LogP contribution in [-0.4, -0.2) is 12.5 Å². The van der Waals surface area contributed by atoms with Crippen LogP contribution in [-0.2, 0) is 16.1 Å². The van der Waals surface area contributed by atoms with Crippen LogP contribution in [0, 0.1) is 12.7 Å². The van der Waals surface area contributed by atoms with Crippen LogP contribution in [0.15, 0.2) is 12.1 Å². The Hall–Kier alpha value is -1.17. The number of rotatable bonds is 4. The second kappa shape index (κ2) is 5.79. The number of nitrogens with two attached hydrogens (primary N) is 1. The number of amides is 1. The summed E-state index contributed by atoms with van der Waals surface area (Å²) in [5.74, 6) is 4.05. The third kappa shape index (κ3) is 3.44. The number of nitrogens with one attached hydrogen (secondary N) is 1. The first-order valence-corrected chi connectivity index (χ1v) is 4.94. The zero-order valence-corrected chi connectivity index (χ0v) is 9.47. The van der Waals surface area contributed by atoms with Crippen molar-refractivity contribution in [2.24, 2.45) is 5.84 Å². The standard InChI is InChI=1S/C10H12ClFN2O2/c1-6-2-8(11)7(3-9(6)12)4-16-5-10(15)14-13/h2-3H,4-5,13H2,1H3,(H,14,15). The smallest absolute Gasteiger partial charge is 0.259 e. The van der Waals surface area contributed by atoms with Crippen LogP contribution >= 0.6 is 11.6 Å². The number of benzene rings is 1. The van der Waals surface area contributed by atoms with Gasteiger partial charge in [0.1, 0.15) is 12.4 Å². The van der Waals surface area contributed by atoms with Crippen molar-refractivity contribution in [2.45, 2.75) is 13.5 Å². The number of hydrogen-bond donors (Lipinski definition) is 2. The van der Waals surface area contributed by atoms with Gasteiger partial charge in [-0.3, -0.25) is 10.2 Å². The summed E-state index contributed by atoms with van der Waals surface area (Å²) in [5.41, 5.74) is 2.88. The molecule has 0 saturated carbocycles. The lowest BCUT2D eigenvalue weighted by atomic mass is 10.1. The van der Waals surface area contributed by atoms with Crippen LogP contribution in [0.4, 0.5) is 4.39 Å². The highest BCUT2D eigenvalue weighted by molar-refractivity contribution is 6.31. The Kier molecular flexibility index (Phi) is 4.67. The average Bonchev–Trinajstić information content (AvgIpc) is 2.25. The van der Waals surface area contributed by atoms with Gasteiger partial charge in [-0.1, -0.05) is 11.6 Å². The van der Waals surface area contributed by atoms with E-state index in [1.165, 1.54) is 12.1 Å². The van der Waals surface area contributed by atoms with Crippen molar-refractivity contribution in [3.63, 3.8) is 0 Å². The molecule has 0 aliphatic heterocycles. The first-order valence-electron chi connectivity index (χ1n) is 4.56. The summed E-state index contributed by atoms with van der Waals surface area (Å²) in [6, 6.07) is 2.80. The number of ether oxygens (including phenoxy) is 1. The topological polar surface area (TPSA) is 64.3 Å². The summed E-state index contributed by atoms with van der Waals surface area (Å²) < 4.78 is 18.2. The number of hydrazine groups is 1. The third-order valence-corrected chi connectivity index (χ3v) is 2.33. The second-order valence-electron chi connectivity index (χ2n) is 3.25. The van der Waals surface area contributed by atoms with Gasteiger partial charge >= 0.3 is 0 Å². The van der Waals surface area contributed by atoms with E-state index in [2.05, 4.69) is 0 Å². The zero-order valence-electron chi connectivity index (χ0n) is 8.72. The predicted molar refractivity (Wildman–Crippen MR) is 58.1 cm³/mol. The number of carbonyl (C=O) groups is 1. The molecule has 16 heavy (non-hydrogen) atoms. The van der Waals surface area contributed by atoms with Crippen LogP contribution in [0.3, 0.4) is 0 Å². The Morgan fingerprint density at radius 3 is 2.94 bits per heavy atom. The van der Waals surface area contributed by atoms with Gasteiger partial charge in [-0.15, -0.1) is 0 Å². The Morgan fingerprint density at radius 1 is 1.62 bits per heavy atom. The molecule has 0 spiro atoms. The van der Waals surface area contributed by atoms with Gasteiger partial charge in [-0.05, 0) is 30.2 Å². The van der Waals surface area contributed by atoms with Crippen LogP contribution in [0.25, 0.3) is 0 Å². The lowest BCUT2D eigenvalue weighted by Crippen LogP contribution is -2.33. The lowest BCUT2D eigenvalue weighted by molar-refractivity contribution is -0.126. The molecule has 0 bridgehead atoms. The molecule has 1 amide bonds. The summed E-state index contributed by atoms with van der Waals surface area (Å²) in [7, 11) is 0. The maximum atomic E-state index is 13.2. The van der Waals surface area contributed by atoms with E-state index in [0.717, 1.165) is 0 Å². The second-order valence-corrected chi connectivity index (χ2v) is 3.66. The summed E-state index contributed by atoms with van der Waals surface area (Å²) in [6.07, 6.45) is 0. The van der Waals surface area contributed by atoms with E-state index in [-0.39, 0.29) is 19.0 Å². The van der Waals surface area contributed by atoms with Crippen LogP contribution in [0.5, 0.6) is 0 Å². The molecule has 4 nitrogen and oxygen atoms in total. The molecule has 0 fully saturated rings. The lowest BCUT2D eigenvalue weighted by Gasteiger charge is -2.07. The van der Waals surface area contributed by atoms with E-state index < -0.39 is 5.91 Å². The Bertz CT molecular complexity index is 399. The van der Waals surface area contributed by atoms with E-state index in [9.17, 15) is 9.18 Å². The number of hydrogen-bond acceptors (Lipinski definition) is 3. The minimum atomic E-state index is -0.455. The largest absolute Gasteiger partial charge is 0.367 e. The molecule has 0 aromatic heterocycles. The van der Waals surface area contributed by atoms with Crippen molar-refractivity contribution in [1.29, 1.82) is 0 Å². The Balaban J connectivity index is 2.60. The molecule has 1 aromatic carbocycles. The van der Waals surface area contributed by atoms with E-state index in [1.807, 2.05) is 5.43 Å². The molecule has 1 aromatic rings. The maximum absolute atomic E-state index is 13.2. The highest BCUT2D eigenvalue weighted by atomic mass is 35.5. The van der Waals surface area contributed by atoms with E-state index in [0.29, 0.717) is 16.1 Å². The van der Waals surface area contributed by atoms with Gasteiger partial charge in [0.15, 0.2) is 0 Å². The number of aryl methyl sites for hydroxylation is 1. The first kappa shape index (κ1) is 12.9. The van der Waals surface area contributed by atoms with Crippen molar-refractivity contribution in [1.82, 2.24) is 5.43 Å². The van der Waals surface area contributed by atoms with Gasteiger partial charge in [0.2, 0.25) is 0 Å². The summed E-state index contributed by atoms with van der Waals surface area (Å²) >= 11 is 5.88. The van der Waals surface area contributed by atoms with E-state index in [1.54, 1.807) is 6.92 Å². The predicted octanol–water partition coefficient (Wildman–Crippen LogP) is 1.29. The van der Waals surface area contributed by atoms with Gasteiger partial charge < -0.3 is 4.74 Å². The molecule has 1 rings (SSSR count). The molecule has 0 unspecified atom stereocenters. The normalized spacial score (nSPS) is 10.2. The quantitative estimate of drug-likeness (QED) is 0.478. The fourth-order valence-electron chi connectivity index (χ4n) is 1.09. The average molecular weight is 247 g/mol. The van der Waals surface area contributed by atoms with Crippen molar-refractivity contribution in [2.75, 3.05) is 6.61 Å². The fourth-order valence-corrected chi connectivity index (χ4v) is 1.37. The third-order valence-electron chi connectivity index (χ3n) is 1.98. The molecule has 6 heteroatoms. The van der Waals surface area contributed by atoms with Gasteiger partial charge in [0, 0.05) is 5.02 Å². The van der Waals surface area contributed by atoms with Crippen LogP contribution in [0.1, 0.15) is 11.1 Å². The van der Waals surface area contributed by atoms with Crippen molar-refractivity contribution < 1.29 is 13.9 Å². The molecular weight excluding hydrogens is 235 g/mol. The molecule has 88 valence electrons. The molecular formula is C10H12ClFN2O2. The molecule has 0 saturated heterocycles. The molecule has 0 heterocycles. The highest BCUT2D eigenvalue weighted by Crippen LogP contribution is 2.20. The summed E-state index contributed by atoms with van der Waals surface area (Å²) in [4.78, 5) is 10.7. The van der Waals surface area contributed by atoms with E-state index in [4.69, 9.17) is 22.2 Å². The Labute approximate surface area is 97.5 Å². The maximum Gasteiger partial charge on any atom is 0.259 e. The zero-order chi connectivity index (χ0) is 12.1. The van der Waals surface area contributed by atoms with Crippen molar-refractivity contribution >= 4 is 17.5 Å². The van der Waals surface area contributed by atoms with Crippen molar-refractivity contribution in [3.8, 4) is 0 Å². The minimum Gasteiger partial charge on any atom is -0.367 e. The molecule has 0 aliphatic carbocycles. The number of carbonyl (C=O) groups excluding carboxylic acids is 1. The molecule has 3 N–H and O–H groups in total. The fraction of sp³-hybridized carbons (Fsp3) is 0.300. The molecule has 0 radical (unpaired) electrons. The minimum absolute atomic E-state index is 0.0590. The van der Waals surface area contributed by atoms with Crippen molar-refractivity contribution in [3.05, 3.63) is 34.1 Å². The van der Waals surface area contributed by atoms with Crippen LogP contribution < -0.4 is 11.3 Å². The van der Waals surface area contributed by atoms with Crippen LogP contribution in [0.2, 0.25) is 5.02 Å². The summed E-state index contributed by atoms with van der Waals surface area (Å²) in [6.45, 7) is 1.49. The Morgan fingerprint density at radius 2 is 2.31 bits per heavy atom. The number of halogens is 2. The highest BCUT2D eigenvalue weighted by Gasteiger charge is 2.06. The van der Waals surface area contributed by atoms with Gasteiger partial charge in [-0.25, -0.2) is 10.2 Å². The van der Waals surface area contributed by atoms with Gasteiger partial charge in [0.05, 0.1) is 6.61 Å². The van der Waals surface area contributed by atoms with E-state index >= 15 is 0 Å². The van der Waals surface area contributed by atoms with Gasteiger partial charge in [-0.2, -0.15) is 0 Å². The SMILES string of the molecule is Cc1cc(Cl)c(COCC(=O)NN)cc1F. The monoisotopic (exact) mass is 246 g/mol. The molecule has 0 atom stereocenters. The first-order chi connectivity index (χ1) is 7.54.